The maximum Gasteiger partial charge on any atom is 0.190 e. The maximum absolute atomic E-state index is 5.65. The number of hydrogen-bond donors (Lipinski definition) is 2. The average molecular weight is 375 g/mol. The van der Waals surface area contributed by atoms with Crippen LogP contribution >= 0.6 is 0 Å². The third-order valence-electron chi connectivity index (χ3n) is 5.18. The van der Waals surface area contributed by atoms with Crippen LogP contribution in [0.5, 0.6) is 11.5 Å². The zero-order chi connectivity index (χ0) is 18.7. The molecule has 0 saturated carbocycles. The summed E-state index contributed by atoms with van der Waals surface area (Å²) in [7, 11) is 1.83. The molecule has 0 bridgehead atoms. The third kappa shape index (κ3) is 6.61. The molecule has 2 heterocycles. The normalized spacial score (nSPS) is 18.0. The molecule has 0 aliphatic carbocycles. The van der Waals surface area contributed by atoms with Crippen LogP contribution in [0.15, 0.2) is 23.2 Å². The van der Waals surface area contributed by atoms with Crippen molar-refractivity contribution in [2.45, 2.75) is 38.5 Å². The Morgan fingerprint density at radius 3 is 2.52 bits per heavy atom. The molecule has 0 atom stereocenters. The molecular weight excluding hydrogens is 340 g/mol. The molecular formula is C21H34N4O2. The van der Waals surface area contributed by atoms with Crippen LogP contribution in [0.25, 0.3) is 0 Å². The minimum Gasteiger partial charge on any atom is -0.486 e. The van der Waals surface area contributed by atoms with Crippen LogP contribution in [0.2, 0.25) is 0 Å². The van der Waals surface area contributed by atoms with Gasteiger partial charge in [-0.25, -0.2) is 0 Å². The highest BCUT2D eigenvalue weighted by atomic mass is 16.6. The van der Waals surface area contributed by atoms with Gasteiger partial charge in [0.05, 0.1) is 0 Å². The lowest BCUT2D eigenvalue weighted by atomic mass is 10.1. The number of benzene rings is 1. The fraction of sp³-hybridized carbons (Fsp3) is 0.667. The summed E-state index contributed by atoms with van der Waals surface area (Å²) in [6.45, 7) is 6.77. The van der Waals surface area contributed by atoms with Gasteiger partial charge in [0.15, 0.2) is 17.5 Å². The number of ether oxygens (including phenoxy) is 2. The fourth-order valence-electron chi connectivity index (χ4n) is 3.66. The molecule has 1 aromatic carbocycles. The Morgan fingerprint density at radius 1 is 1.00 bits per heavy atom. The van der Waals surface area contributed by atoms with Crippen molar-refractivity contribution in [1.29, 1.82) is 0 Å². The van der Waals surface area contributed by atoms with Crippen LogP contribution in [0.3, 0.4) is 0 Å². The molecule has 6 nitrogen and oxygen atoms in total. The van der Waals surface area contributed by atoms with Crippen molar-refractivity contribution in [2.75, 3.05) is 53.0 Å². The van der Waals surface area contributed by atoms with E-state index < -0.39 is 0 Å². The smallest absolute Gasteiger partial charge is 0.190 e. The van der Waals surface area contributed by atoms with Gasteiger partial charge in [-0.05, 0) is 63.0 Å². The van der Waals surface area contributed by atoms with Gasteiger partial charge in [0.1, 0.15) is 13.2 Å². The molecule has 27 heavy (non-hydrogen) atoms. The van der Waals surface area contributed by atoms with E-state index in [-0.39, 0.29) is 0 Å². The average Bonchev–Trinajstić information content (AvgIpc) is 2.98. The van der Waals surface area contributed by atoms with Gasteiger partial charge >= 0.3 is 0 Å². The van der Waals surface area contributed by atoms with Crippen LogP contribution in [0.4, 0.5) is 0 Å². The van der Waals surface area contributed by atoms with Crippen molar-refractivity contribution in [1.82, 2.24) is 15.5 Å². The summed E-state index contributed by atoms with van der Waals surface area (Å²) in [6, 6.07) is 6.18. The number of likely N-dealkylation sites (tertiary alicyclic amines) is 1. The molecule has 0 aromatic heterocycles. The zero-order valence-electron chi connectivity index (χ0n) is 16.6. The molecule has 0 spiro atoms. The molecule has 1 aromatic rings. The molecule has 1 fully saturated rings. The van der Waals surface area contributed by atoms with Crippen molar-refractivity contribution in [3.8, 4) is 11.5 Å². The summed E-state index contributed by atoms with van der Waals surface area (Å²) in [5.74, 6) is 2.58. The summed E-state index contributed by atoms with van der Waals surface area (Å²) in [5.41, 5.74) is 1.24. The van der Waals surface area contributed by atoms with Crippen LogP contribution in [0.1, 0.15) is 37.7 Å². The van der Waals surface area contributed by atoms with E-state index in [1.165, 1.54) is 50.9 Å². The molecule has 3 rings (SSSR count). The van der Waals surface area contributed by atoms with Crippen molar-refractivity contribution in [3.63, 3.8) is 0 Å². The van der Waals surface area contributed by atoms with Crippen molar-refractivity contribution in [3.05, 3.63) is 23.8 Å². The Bertz CT molecular complexity index is 598. The van der Waals surface area contributed by atoms with Gasteiger partial charge in [-0.1, -0.05) is 18.9 Å². The second kappa shape index (κ2) is 11.0. The predicted molar refractivity (Wildman–Crippen MR) is 110 cm³/mol. The first-order chi connectivity index (χ1) is 13.3. The number of nitrogens with one attached hydrogen (secondary N) is 2. The Hall–Kier alpha value is -1.95. The molecule has 1 saturated heterocycles. The van der Waals surface area contributed by atoms with Gasteiger partial charge in [0.2, 0.25) is 0 Å². The summed E-state index contributed by atoms with van der Waals surface area (Å²) in [4.78, 5) is 6.93. The van der Waals surface area contributed by atoms with Crippen LogP contribution in [-0.4, -0.2) is 63.8 Å². The highest BCUT2D eigenvalue weighted by Crippen LogP contribution is 2.30. The molecule has 150 valence electrons. The Morgan fingerprint density at radius 2 is 1.74 bits per heavy atom. The third-order valence-corrected chi connectivity index (χ3v) is 5.18. The molecule has 2 N–H and O–H groups in total. The van der Waals surface area contributed by atoms with Gasteiger partial charge < -0.3 is 25.0 Å². The standard InChI is InChI=1S/C21H34N4O2/c1-22-21(23-10-6-14-25-12-4-2-3-5-13-25)24-11-9-18-7-8-19-20(17-18)27-16-15-26-19/h7-8,17H,2-6,9-16H2,1H3,(H2,22,23,24). The largest absolute Gasteiger partial charge is 0.486 e. The van der Waals surface area contributed by atoms with E-state index in [9.17, 15) is 0 Å². The van der Waals surface area contributed by atoms with E-state index in [1.807, 2.05) is 13.1 Å². The SMILES string of the molecule is CN=C(NCCCN1CCCCCC1)NCCc1ccc2c(c1)OCCO2. The first kappa shape index (κ1) is 19.8. The predicted octanol–water partition coefficient (Wildman–Crippen LogP) is 2.43. The van der Waals surface area contributed by atoms with Gasteiger partial charge in [-0.3, -0.25) is 4.99 Å². The van der Waals surface area contributed by atoms with Crippen LogP contribution in [-0.2, 0) is 6.42 Å². The van der Waals surface area contributed by atoms with Gasteiger partial charge in [0.25, 0.3) is 0 Å². The van der Waals surface area contributed by atoms with Crippen molar-refractivity contribution < 1.29 is 9.47 Å². The second-order valence-electron chi connectivity index (χ2n) is 7.26. The molecule has 0 unspecified atom stereocenters. The van der Waals surface area contributed by atoms with E-state index in [1.54, 1.807) is 0 Å². The highest BCUT2D eigenvalue weighted by Gasteiger charge is 2.11. The van der Waals surface area contributed by atoms with Crippen molar-refractivity contribution >= 4 is 5.96 Å². The zero-order valence-corrected chi connectivity index (χ0v) is 16.6. The summed E-state index contributed by atoms with van der Waals surface area (Å²) < 4.78 is 11.2. The monoisotopic (exact) mass is 374 g/mol. The highest BCUT2D eigenvalue weighted by molar-refractivity contribution is 5.79. The van der Waals surface area contributed by atoms with Gasteiger partial charge in [0, 0.05) is 20.1 Å². The Kier molecular flexibility index (Phi) is 8.08. The molecule has 0 amide bonds. The lowest BCUT2D eigenvalue weighted by Crippen LogP contribution is -2.39. The number of rotatable bonds is 7. The number of nitrogens with zero attached hydrogens (tertiary/aromatic N) is 2. The summed E-state index contributed by atoms with van der Waals surface area (Å²) >= 11 is 0. The van der Waals surface area contributed by atoms with Crippen LogP contribution in [0, 0.1) is 0 Å². The lowest BCUT2D eigenvalue weighted by Gasteiger charge is -2.20. The maximum atomic E-state index is 5.65. The first-order valence-corrected chi connectivity index (χ1v) is 10.4. The van der Waals surface area contributed by atoms with E-state index in [0.29, 0.717) is 13.2 Å². The van der Waals surface area contributed by atoms with E-state index in [2.05, 4.69) is 32.7 Å². The number of aliphatic imine (C=N–C) groups is 1. The van der Waals surface area contributed by atoms with E-state index in [0.717, 1.165) is 43.4 Å². The number of hydrogen-bond acceptors (Lipinski definition) is 4. The van der Waals surface area contributed by atoms with E-state index >= 15 is 0 Å². The first-order valence-electron chi connectivity index (χ1n) is 10.4. The van der Waals surface area contributed by atoms with Gasteiger partial charge in [-0.15, -0.1) is 0 Å². The fourth-order valence-corrected chi connectivity index (χ4v) is 3.66. The quantitative estimate of drug-likeness (QED) is 0.436. The summed E-state index contributed by atoms with van der Waals surface area (Å²) in [6.07, 6.45) is 7.59. The molecule has 2 aliphatic heterocycles. The Balaban J connectivity index is 1.32. The topological polar surface area (TPSA) is 58.1 Å². The van der Waals surface area contributed by atoms with Crippen molar-refractivity contribution in [2.24, 2.45) is 4.99 Å². The summed E-state index contributed by atoms with van der Waals surface area (Å²) in [5, 5.41) is 6.83. The number of guanidine groups is 1. The van der Waals surface area contributed by atoms with Crippen LogP contribution < -0.4 is 20.1 Å². The van der Waals surface area contributed by atoms with E-state index in [4.69, 9.17) is 9.47 Å². The molecule has 2 aliphatic rings. The van der Waals surface area contributed by atoms with Gasteiger partial charge in [-0.2, -0.15) is 0 Å². The second-order valence-corrected chi connectivity index (χ2v) is 7.26. The molecule has 6 heteroatoms. The molecule has 0 radical (unpaired) electrons. The minimum absolute atomic E-state index is 0.628. The minimum atomic E-state index is 0.628. The number of fused-ring (bicyclic) bond motifs is 1. The lowest BCUT2D eigenvalue weighted by molar-refractivity contribution is 0.171. The Labute approximate surface area is 163 Å².